The van der Waals surface area contributed by atoms with Crippen molar-refractivity contribution in [2.45, 2.75) is 13.0 Å². The molecule has 0 aliphatic carbocycles. The second-order valence-electron chi connectivity index (χ2n) is 6.96. The molecule has 27 heavy (non-hydrogen) atoms. The van der Waals surface area contributed by atoms with Crippen LogP contribution in [0, 0.1) is 6.92 Å². The van der Waals surface area contributed by atoms with E-state index in [9.17, 15) is 5.11 Å². The van der Waals surface area contributed by atoms with Crippen molar-refractivity contribution in [2.24, 2.45) is 0 Å². The minimum absolute atomic E-state index is 0.0378. The molecule has 5 heteroatoms. The highest BCUT2D eigenvalue weighted by molar-refractivity contribution is 5.42. The average Bonchev–Trinajstić information content (AvgIpc) is 2.72. The second kappa shape index (κ2) is 7.76. The lowest BCUT2D eigenvalue weighted by atomic mass is 9.95. The quantitative estimate of drug-likeness (QED) is 0.773. The van der Waals surface area contributed by atoms with Crippen LogP contribution < -0.4 is 4.90 Å². The predicted octanol–water partition coefficient (Wildman–Crippen LogP) is 3.40. The van der Waals surface area contributed by atoms with Gasteiger partial charge in [0, 0.05) is 44.1 Å². The maximum Gasteiger partial charge on any atom is 0.147 e. The number of phenolic OH excluding ortho intramolecular Hbond substituents is 1. The number of hydrogen-bond donors (Lipinski definition) is 1. The van der Waals surface area contributed by atoms with Crippen LogP contribution in [0.4, 0.5) is 5.82 Å². The first-order chi connectivity index (χ1) is 13.2. The van der Waals surface area contributed by atoms with Gasteiger partial charge in [-0.15, -0.1) is 0 Å². The summed E-state index contributed by atoms with van der Waals surface area (Å²) in [5.74, 6) is 1.27. The number of nitrogens with zero attached hydrogens (tertiary/aromatic N) is 4. The molecule has 0 amide bonds. The third-order valence-corrected chi connectivity index (χ3v) is 5.18. The third kappa shape index (κ3) is 3.78. The van der Waals surface area contributed by atoms with E-state index in [0.717, 1.165) is 37.6 Å². The van der Waals surface area contributed by atoms with Crippen molar-refractivity contribution < 1.29 is 5.11 Å². The zero-order valence-corrected chi connectivity index (χ0v) is 15.5. The van der Waals surface area contributed by atoms with Crippen molar-refractivity contribution >= 4 is 5.82 Å². The summed E-state index contributed by atoms with van der Waals surface area (Å²) in [6.07, 6.45) is 5.25. The number of phenols is 1. The summed E-state index contributed by atoms with van der Waals surface area (Å²) in [4.78, 5) is 13.3. The van der Waals surface area contributed by atoms with Gasteiger partial charge in [-0.3, -0.25) is 9.88 Å². The van der Waals surface area contributed by atoms with E-state index in [2.05, 4.69) is 51.0 Å². The first kappa shape index (κ1) is 17.5. The largest absolute Gasteiger partial charge is 0.508 e. The Kier molecular flexibility index (Phi) is 5.03. The number of hydrogen-bond acceptors (Lipinski definition) is 5. The van der Waals surface area contributed by atoms with Crippen LogP contribution in [0.1, 0.15) is 22.7 Å². The van der Waals surface area contributed by atoms with E-state index in [1.165, 1.54) is 11.1 Å². The molecule has 3 aromatic rings. The van der Waals surface area contributed by atoms with Crippen molar-refractivity contribution in [1.29, 1.82) is 0 Å². The van der Waals surface area contributed by atoms with Gasteiger partial charge >= 0.3 is 0 Å². The number of aromatic hydroxyl groups is 1. The zero-order chi connectivity index (χ0) is 18.6. The van der Waals surface area contributed by atoms with Crippen LogP contribution in [0.3, 0.4) is 0 Å². The average molecular weight is 360 g/mol. The SMILES string of the molecule is Cc1ccc(C(c2ccccc2O)N2CCN(c3cnccn3)CC2)cc1. The van der Waals surface area contributed by atoms with E-state index in [4.69, 9.17) is 0 Å². The van der Waals surface area contributed by atoms with E-state index in [1.807, 2.05) is 24.4 Å². The zero-order valence-electron chi connectivity index (χ0n) is 15.5. The van der Waals surface area contributed by atoms with Gasteiger partial charge in [-0.1, -0.05) is 48.0 Å². The summed E-state index contributed by atoms with van der Waals surface area (Å²) >= 11 is 0. The number of para-hydroxylation sites is 1. The Hall–Kier alpha value is -2.92. The fourth-order valence-electron chi connectivity index (χ4n) is 3.72. The molecule has 1 unspecified atom stereocenters. The van der Waals surface area contributed by atoms with Crippen molar-refractivity contribution in [1.82, 2.24) is 14.9 Å². The highest BCUT2D eigenvalue weighted by Gasteiger charge is 2.28. The summed E-state index contributed by atoms with van der Waals surface area (Å²) < 4.78 is 0. The van der Waals surface area contributed by atoms with Gasteiger partial charge < -0.3 is 10.0 Å². The molecular weight excluding hydrogens is 336 g/mol. The Bertz CT molecular complexity index is 874. The van der Waals surface area contributed by atoms with Gasteiger partial charge in [-0.25, -0.2) is 4.98 Å². The summed E-state index contributed by atoms with van der Waals surface area (Å²) in [7, 11) is 0. The highest BCUT2D eigenvalue weighted by Crippen LogP contribution is 2.35. The maximum atomic E-state index is 10.5. The molecule has 1 aliphatic rings. The van der Waals surface area contributed by atoms with Crippen LogP contribution in [0.15, 0.2) is 67.1 Å². The minimum atomic E-state index is 0.0378. The normalized spacial score (nSPS) is 16.3. The van der Waals surface area contributed by atoms with E-state index >= 15 is 0 Å². The monoisotopic (exact) mass is 360 g/mol. The Morgan fingerprint density at radius 3 is 2.33 bits per heavy atom. The molecule has 0 spiro atoms. The number of benzene rings is 2. The molecular formula is C22H24N4O. The topological polar surface area (TPSA) is 52.5 Å². The van der Waals surface area contributed by atoms with Crippen LogP contribution in [-0.2, 0) is 0 Å². The number of aromatic nitrogens is 2. The van der Waals surface area contributed by atoms with Crippen LogP contribution >= 0.6 is 0 Å². The molecule has 1 aliphatic heterocycles. The van der Waals surface area contributed by atoms with Gasteiger partial charge in [0.15, 0.2) is 0 Å². The molecule has 1 atom stereocenters. The van der Waals surface area contributed by atoms with Crippen LogP contribution in [0.25, 0.3) is 0 Å². The van der Waals surface area contributed by atoms with E-state index in [0.29, 0.717) is 5.75 Å². The Labute approximate surface area is 159 Å². The molecule has 2 aromatic carbocycles. The van der Waals surface area contributed by atoms with Crippen LogP contribution in [0.5, 0.6) is 5.75 Å². The van der Waals surface area contributed by atoms with Crippen LogP contribution in [0.2, 0.25) is 0 Å². The molecule has 5 nitrogen and oxygen atoms in total. The fourth-order valence-corrected chi connectivity index (χ4v) is 3.72. The Morgan fingerprint density at radius 1 is 0.926 bits per heavy atom. The summed E-state index contributed by atoms with van der Waals surface area (Å²) in [5, 5.41) is 10.5. The first-order valence-corrected chi connectivity index (χ1v) is 9.32. The van der Waals surface area contributed by atoms with Crippen molar-refractivity contribution in [3.8, 4) is 5.75 Å². The third-order valence-electron chi connectivity index (χ3n) is 5.18. The number of anilines is 1. The van der Waals surface area contributed by atoms with E-state index in [1.54, 1.807) is 18.5 Å². The number of rotatable bonds is 4. The molecule has 0 bridgehead atoms. The lowest BCUT2D eigenvalue weighted by molar-refractivity contribution is 0.209. The van der Waals surface area contributed by atoms with Crippen LogP contribution in [-0.4, -0.2) is 46.2 Å². The number of piperazine rings is 1. The summed E-state index contributed by atoms with van der Waals surface area (Å²) in [6, 6.07) is 16.3. The molecule has 1 N–H and O–H groups in total. The molecule has 0 radical (unpaired) electrons. The molecule has 138 valence electrons. The van der Waals surface area contributed by atoms with Crippen molar-refractivity contribution in [3.05, 3.63) is 83.8 Å². The predicted molar refractivity (Wildman–Crippen MR) is 107 cm³/mol. The lowest BCUT2D eigenvalue weighted by Gasteiger charge is -2.40. The van der Waals surface area contributed by atoms with Crippen molar-refractivity contribution in [2.75, 3.05) is 31.1 Å². The van der Waals surface area contributed by atoms with Gasteiger partial charge in [0.2, 0.25) is 0 Å². The minimum Gasteiger partial charge on any atom is -0.508 e. The fraction of sp³-hybridized carbons (Fsp3) is 0.273. The highest BCUT2D eigenvalue weighted by atomic mass is 16.3. The van der Waals surface area contributed by atoms with Gasteiger partial charge in [-0.05, 0) is 18.6 Å². The van der Waals surface area contributed by atoms with E-state index in [-0.39, 0.29) is 6.04 Å². The van der Waals surface area contributed by atoms with Gasteiger partial charge in [0.1, 0.15) is 11.6 Å². The smallest absolute Gasteiger partial charge is 0.147 e. The number of aryl methyl sites for hydroxylation is 1. The summed E-state index contributed by atoms with van der Waals surface area (Å²) in [6.45, 7) is 5.65. The second-order valence-corrected chi connectivity index (χ2v) is 6.96. The Morgan fingerprint density at radius 2 is 1.67 bits per heavy atom. The molecule has 0 saturated carbocycles. The first-order valence-electron chi connectivity index (χ1n) is 9.32. The molecule has 2 heterocycles. The van der Waals surface area contributed by atoms with Gasteiger partial charge in [-0.2, -0.15) is 0 Å². The molecule has 1 aromatic heterocycles. The van der Waals surface area contributed by atoms with Crippen molar-refractivity contribution in [3.63, 3.8) is 0 Å². The molecule has 4 rings (SSSR count). The molecule has 1 saturated heterocycles. The maximum absolute atomic E-state index is 10.5. The lowest BCUT2D eigenvalue weighted by Crippen LogP contribution is -2.48. The molecule has 1 fully saturated rings. The van der Waals surface area contributed by atoms with E-state index < -0.39 is 0 Å². The standard InChI is InChI=1S/C22H24N4O/c1-17-6-8-18(9-7-17)22(19-4-2-3-5-20(19)27)26-14-12-25(13-15-26)21-16-23-10-11-24-21/h2-11,16,22,27H,12-15H2,1H3. The summed E-state index contributed by atoms with van der Waals surface area (Å²) in [5.41, 5.74) is 3.40. The van der Waals surface area contributed by atoms with Gasteiger partial charge in [0.25, 0.3) is 0 Å². The Balaban J connectivity index is 1.60. The van der Waals surface area contributed by atoms with Gasteiger partial charge in [0.05, 0.1) is 12.2 Å².